The number of carbonyl (C=O) groups excluding carboxylic acids is 2. The van der Waals surface area contributed by atoms with Crippen molar-refractivity contribution in [2.24, 2.45) is 5.73 Å². The highest BCUT2D eigenvalue weighted by Crippen LogP contribution is 2.39. The van der Waals surface area contributed by atoms with Crippen LogP contribution >= 0.6 is 0 Å². The third kappa shape index (κ3) is 4.60. The van der Waals surface area contributed by atoms with Crippen LogP contribution in [0.5, 0.6) is 0 Å². The number of rotatable bonds is 10. The van der Waals surface area contributed by atoms with Crippen LogP contribution in [-0.2, 0) is 4.79 Å². The van der Waals surface area contributed by atoms with Crippen LogP contribution in [-0.4, -0.2) is 47.9 Å². The first-order valence-corrected chi connectivity index (χ1v) is 9.95. The highest BCUT2D eigenvalue weighted by atomic mass is 19.1. The van der Waals surface area contributed by atoms with Gasteiger partial charge in [0.1, 0.15) is 11.6 Å². The number of halogens is 1. The molecule has 1 aliphatic heterocycles. The summed E-state index contributed by atoms with van der Waals surface area (Å²) < 4.78 is 18.9. The number of Topliss-reactive ketones (excluding diaryl/α,β-unsaturated/α-hetero) is 1. The number of ketones is 1. The fourth-order valence-electron chi connectivity index (χ4n) is 3.52. The molecule has 2 aromatic rings. The average Bonchev–Trinajstić information content (AvgIpc) is 3.27. The smallest absolute Gasteiger partial charge is 0.290 e. The Morgan fingerprint density at radius 3 is 2.53 bits per heavy atom. The first-order valence-electron chi connectivity index (χ1n) is 9.95. The topological polar surface area (TPSA) is 109 Å². The molecule has 7 nitrogen and oxygen atoms in total. The lowest BCUT2D eigenvalue weighted by Gasteiger charge is -2.26. The van der Waals surface area contributed by atoms with Crippen molar-refractivity contribution >= 4 is 11.7 Å². The number of hydrogen-bond acceptors (Lipinski definition) is 6. The highest BCUT2D eigenvalue weighted by molar-refractivity contribution is 6.15. The van der Waals surface area contributed by atoms with Crippen molar-refractivity contribution < 1.29 is 23.5 Å². The van der Waals surface area contributed by atoms with Crippen LogP contribution in [0.15, 0.2) is 52.1 Å². The number of aliphatic hydroxyl groups excluding tert-OH is 1. The predicted octanol–water partition coefficient (Wildman–Crippen LogP) is 2.63. The number of nitrogens with one attached hydrogen (secondary N) is 1. The maximum absolute atomic E-state index is 13.5. The van der Waals surface area contributed by atoms with Gasteiger partial charge in [0, 0.05) is 6.54 Å². The highest BCUT2D eigenvalue weighted by Gasteiger charge is 2.44. The first-order chi connectivity index (χ1) is 14.4. The SMILES string of the molecule is Cc1ccc(C(=O)C2=C(O)C(=O)N(CCCNCCCN)C2c2ccc(F)cc2)o1. The van der Waals surface area contributed by atoms with Crippen LogP contribution in [0.25, 0.3) is 0 Å². The van der Waals surface area contributed by atoms with Gasteiger partial charge in [-0.05, 0) is 69.2 Å². The molecule has 0 aliphatic carbocycles. The van der Waals surface area contributed by atoms with Gasteiger partial charge in [-0.25, -0.2) is 4.39 Å². The Hall–Kier alpha value is -2.97. The van der Waals surface area contributed by atoms with E-state index < -0.39 is 29.3 Å². The van der Waals surface area contributed by atoms with Crippen molar-refractivity contribution in [2.45, 2.75) is 25.8 Å². The molecule has 0 fully saturated rings. The number of furan rings is 1. The number of aliphatic hydroxyl groups is 1. The van der Waals surface area contributed by atoms with E-state index in [1.54, 1.807) is 13.0 Å². The average molecular weight is 415 g/mol. The lowest BCUT2D eigenvalue weighted by Crippen LogP contribution is -2.33. The molecule has 160 valence electrons. The number of aryl methyl sites for hydroxylation is 1. The fourth-order valence-corrected chi connectivity index (χ4v) is 3.52. The van der Waals surface area contributed by atoms with Crippen molar-refractivity contribution in [2.75, 3.05) is 26.2 Å². The maximum Gasteiger partial charge on any atom is 0.290 e. The van der Waals surface area contributed by atoms with Crippen molar-refractivity contribution in [3.05, 3.63) is 70.6 Å². The standard InChI is InChI=1S/C22H26FN3O4/c1-14-4-9-17(30-14)20(27)18-19(15-5-7-16(23)8-6-15)26(22(29)21(18)28)13-3-12-25-11-2-10-24/h4-9,19,25,28H,2-3,10-13,24H2,1H3. The molecule has 8 heteroatoms. The van der Waals surface area contributed by atoms with Crippen molar-refractivity contribution in [3.8, 4) is 0 Å². The van der Waals surface area contributed by atoms with Crippen LogP contribution in [0.3, 0.4) is 0 Å². The van der Waals surface area contributed by atoms with E-state index in [1.165, 1.54) is 35.2 Å². The molecule has 30 heavy (non-hydrogen) atoms. The van der Waals surface area contributed by atoms with E-state index in [9.17, 15) is 19.1 Å². The summed E-state index contributed by atoms with van der Waals surface area (Å²) in [5.74, 6) is -1.63. The summed E-state index contributed by atoms with van der Waals surface area (Å²) in [4.78, 5) is 27.3. The Bertz CT molecular complexity index is 936. The molecule has 0 radical (unpaired) electrons. The molecule has 2 heterocycles. The van der Waals surface area contributed by atoms with E-state index >= 15 is 0 Å². The number of benzene rings is 1. The predicted molar refractivity (Wildman–Crippen MR) is 109 cm³/mol. The maximum atomic E-state index is 13.5. The van der Waals surface area contributed by atoms with Gasteiger partial charge < -0.3 is 25.5 Å². The van der Waals surface area contributed by atoms with Gasteiger partial charge in [0.05, 0.1) is 11.6 Å². The van der Waals surface area contributed by atoms with Gasteiger partial charge in [-0.3, -0.25) is 9.59 Å². The molecule has 1 unspecified atom stereocenters. The molecule has 0 saturated heterocycles. The molecule has 0 bridgehead atoms. The Balaban J connectivity index is 1.86. The van der Waals surface area contributed by atoms with E-state index in [4.69, 9.17) is 10.2 Å². The molecule has 1 amide bonds. The van der Waals surface area contributed by atoms with Crippen LogP contribution in [0.4, 0.5) is 4.39 Å². The Morgan fingerprint density at radius 1 is 1.20 bits per heavy atom. The number of nitrogens with two attached hydrogens (primary N) is 1. The molecule has 4 N–H and O–H groups in total. The number of hydrogen-bond donors (Lipinski definition) is 3. The number of carbonyl (C=O) groups is 2. The van der Waals surface area contributed by atoms with Gasteiger partial charge in [-0.15, -0.1) is 0 Å². The zero-order chi connectivity index (χ0) is 21.7. The summed E-state index contributed by atoms with van der Waals surface area (Å²) in [5, 5.41) is 13.8. The summed E-state index contributed by atoms with van der Waals surface area (Å²) in [6.07, 6.45) is 1.47. The second-order valence-electron chi connectivity index (χ2n) is 7.20. The van der Waals surface area contributed by atoms with Crippen LogP contribution in [0.2, 0.25) is 0 Å². The first kappa shape index (κ1) is 21.7. The number of nitrogens with zero attached hydrogens (tertiary/aromatic N) is 1. The second-order valence-corrected chi connectivity index (χ2v) is 7.20. The van der Waals surface area contributed by atoms with Gasteiger partial charge in [0.2, 0.25) is 5.78 Å². The van der Waals surface area contributed by atoms with Gasteiger partial charge >= 0.3 is 0 Å². The molecular formula is C22H26FN3O4. The number of amides is 1. The normalized spacial score (nSPS) is 16.6. The van der Waals surface area contributed by atoms with Crippen LogP contribution < -0.4 is 11.1 Å². The van der Waals surface area contributed by atoms with Crippen molar-refractivity contribution in [1.29, 1.82) is 0 Å². The summed E-state index contributed by atoms with van der Waals surface area (Å²) in [6, 6.07) is 7.88. The van der Waals surface area contributed by atoms with Crippen LogP contribution in [0, 0.1) is 12.7 Å². The molecule has 1 aromatic carbocycles. The van der Waals surface area contributed by atoms with Gasteiger partial charge in [-0.2, -0.15) is 0 Å². The summed E-state index contributed by atoms with van der Waals surface area (Å²) in [5.41, 5.74) is 5.95. The zero-order valence-corrected chi connectivity index (χ0v) is 16.9. The molecular weight excluding hydrogens is 389 g/mol. The zero-order valence-electron chi connectivity index (χ0n) is 16.9. The summed E-state index contributed by atoms with van der Waals surface area (Å²) in [7, 11) is 0. The Morgan fingerprint density at radius 2 is 1.90 bits per heavy atom. The Kier molecular flexibility index (Phi) is 7.02. The summed E-state index contributed by atoms with van der Waals surface area (Å²) >= 11 is 0. The van der Waals surface area contributed by atoms with Gasteiger partial charge in [-0.1, -0.05) is 12.1 Å². The van der Waals surface area contributed by atoms with Gasteiger partial charge in [0.25, 0.3) is 5.91 Å². The Labute approximate surface area is 174 Å². The van der Waals surface area contributed by atoms with E-state index in [0.29, 0.717) is 37.4 Å². The molecule has 0 spiro atoms. The molecule has 1 atom stereocenters. The molecule has 3 rings (SSSR count). The minimum Gasteiger partial charge on any atom is -0.503 e. The largest absolute Gasteiger partial charge is 0.503 e. The lowest BCUT2D eigenvalue weighted by atomic mass is 9.95. The fraction of sp³-hybridized carbons (Fsp3) is 0.364. The monoisotopic (exact) mass is 415 g/mol. The molecule has 1 aliphatic rings. The molecule has 0 saturated carbocycles. The van der Waals surface area contributed by atoms with Gasteiger partial charge in [0.15, 0.2) is 11.5 Å². The van der Waals surface area contributed by atoms with Crippen molar-refractivity contribution in [3.63, 3.8) is 0 Å². The summed E-state index contributed by atoms with van der Waals surface area (Å²) in [6.45, 7) is 4.04. The minimum absolute atomic E-state index is 0.0410. The minimum atomic E-state index is -0.819. The van der Waals surface area contributed by atoms with E-state index in [1.807, 2.05) is 0 Å². The van der Waals surface area contributed by atoms with Crippen LogP contribution in [0.1, 0.15) is 40.8 Å². The third-order valence-corrected chi connectivity index (χ3v) is 5.01. The quantitative estimate of drug-likeness (QED) is 0.407. The molecule has 1 aromatic heterocycles. The van der Waals surface area contributed by atoms with E-state index in [2.05, 4.69) is 5.32 Å². The van der Waals surface area contributed by atoms with Crippen molar-refractivity contribution in [1.82, 2.24) is 10.2 Å². The lowest BCUT2D eigenvalue weighted by molar-refractivity contribution is -0.129. The third-order valence-electron chi connectivity index (χ3n) is 5.01. The van der Waals surface area contributed by atoms with E-state index in [0.717, 1.165) is 13.0 Å². The second kappa shape index (κ2) is 9.69. The van der Waals surface area contributed by atoms with E-state index in [-0.39, 0.29) is 11.3 Å².